The number of carbonyl (C=O) groups is 1. The predicted molar refractivity (Wildman–Crippen MR) is 98.0 cm³/mol. The Morgan fingerprint density at radius 3 is 2.46 bits per heavy atom. The fourth-order valence-corrected chi connectivity index (χ4v) is 3.81. The van der Waals surface area contributed by atoms with Crippen molar-refractivity contribution >= 4 is 16.9 Å². The van der Waals surface area contributed by atoms with Gasteiger partial charge in [-0.2, -0.15) is 0 Å². The van der Waals surface area contributed by atoms with Gasteiger partial charge in [-0.3, -0.25) is 0 Å². The quantitative estimate of drug-likeness (QED) is 0.928. The van der Waals surface area contributed by atoms with Crippen molar-refractivity contribution in [2.75, 3.05) is 19.6 Å². The van der Waals surface area contributed by atoms with Gasteiger partial charge in [0.15, 0.2) is 0 Å². The number of aromatic carboxylic acids is 1. The predicted octanol–water partition coefficient (Wildman–Crippen LogP) is 3.81. The van der Waals surface area contributed by atoms with Crippen molar-refractivity contribution in [3.05, 3.63) is 35.0 Å². The monoisotopic (exact) mass is 328 g/mol. The summed E-state index contributed by atoms with van der Waals surface area (Å²) in [5.41, 5.74) is 3.83. The van der Waals surface area contributed by atoms with Gasteiger partial charge in [0.25, 0.3) is 0 Å². The van der Waals surface area contributed by atoms with Crippen LogP contribution in [0.25, 0.3) is 10.9 Å². The molecule has 1 aliphatic rings. The van der Waals surface area contributed by atoms with Gasteiger partial charge in [-0.15, -0.1) is 0 Å². The third kappa shape index (κ3) is 3.20. The summed E-state index contributed by atoms with van der Waals surface area (Å²) < 4.78 is 2.17. The Balaban J connectivity index is 2.07. The van der Waals surface area contributed by atoms with Crippen LogP contribution in [0, 0.1) is 0 Å². The van der Waals surface area contributed by atoms with E-state index in [1.807, 2.05) is 12.1 Å². The molecule has 1 saturated heterocycles. The molecule has 0 aliphatic carbocycles. The fourth-order valence-electron chi connectivity index (χ4n) is 3.81. The van der Waals surface area contributed by atoms with E-state index >= 15 is 0 Å². The van der Waals surface area contributed by atoms with Crippen molar-refractivity contribution < 1.29 is 9.90 Å². The molecule has 1 N–H and O–H groups in total. The average Bonchev–Trinajstić information content (AvgIpc) is 3.11. The van der Waals surface area contributed by atoms with Crippen molar-refractivity contribution in [1.82, 2.24) is 9.47 Å². The zero-order valence-corrected chi connectivity index (χ0v) is 15.2. The summed E-state index contributed by atoms with van der Waals surface area (Å²) in [5.74, 6) is -0.850. The summed E-state index contributed by atoms with van der Waals surface area (Å²) in [4.78, 5) is 14.1. The van der Waals surface area contributed by atoms with E-state index in [0.29, 0.717) is 5.56 Å². The highest BCUT2D eigenvalue weighted by Crippen LogP contribution is 2.34. The Morgan fingerprint density at radius 1 is 1.21 bits per heavy atom. The molecule has 4 heteroatoms. The lowest BCUT2D eigenvalue weighted by Crippen LogP contribution is -2.21. The molecule has 130 valence electrons. The lowest BCUT2D eigenvalue weighted by molar-refractivity contribution is 0.0697. The molecule has 2 aromatic rings. The molecule has 0 bridgehead atoms. The van der Waals surface area contributed by atoms with E-state index in [0.717, 1.165) is 23.9 Å². The van der Waals surface area contributed by atoms with E-state index in [1.165, 1.54) is 37.0 Å². The van der Waals surface area contributed by atoms with Gasteiger partial charge in [-0.1, -0.05) is 20.8 Å². The molecule has 24 heavy (non-hydrogen) atoms. The molecule has 1 fully saturated rings. The molecule has 1 aromatic carbocycles. The van der Waals surface area contributed by atoms with Crippen molar-refractivity contribution in [1.29, 1.82) is 0 Å². The molecule has 1 aliphatic heterocycles. The topological polar surface area (TPSA) is 45.5 Å². The van der Waals surface area contributed by atoms with E-state index in [-0.39, 0.29) is 5.41 Å². The molecule has 4 nitrogen and oxygen atoms in total. The first-order valence-corrected chi connectivity index (χ1v) is 8.85. The maximum absolute atomic E-state index is 11.6. The minimum atomic E-state index is -0.850. The van der Waals surface area contributed by atoms with Crippen LogP contribution >= 0.6 is 0 Å². The van der Waals surface area contributed by atoms with Crippen LogP contribution in [0.4, 0.5) is 0 Å². The second-order valence-corrected chi connectivity index (χ2v) is 8.04. The highest BCUT2D eigenvalue weighted by atomic mass is 16.4. The second kappa shape index (κ2) is 6.25. The molecular weight excluding hydrogens is 300 g/mol. The third-order valence-corrected chi connectivity index (χ3v) is 5.11. The van der Waals surface area contributed by atoms with Crippen LogP contribution in [0.15, 0.2) is 18.3 Å². The van der Waals surface area contributed by atoms with Crippen LogP contribution in [0.5, 0.6) is 0 Å². The molecule has 3 rings (SSSR count). The summed E-state index contributed by atoms with van der Waals surface area (Å²) in [5, 5.41) is 10.6. The van der Waals surface area contributed by atoms with Crippen LogP contribution in [0.2, 0.25) is 0 Å². The number of fused-ring (bicyclic) bond motifs is 1. The van der Waals surface area contributed by atoms with E-state index in [1.54, 1.807) is 0 Å². The number of nitrogens with zero attached hydrogens (tertiary/aromatic N) is 2. The van der Waals surface area contributed by atoms with Gasteiger partial charge in [0, 0.05) is 25.2 Å². The van der Waals surface area contributed by atoms with E-state index in [4.69, 9.17) is 0 Å². The van der Waals surface area contributed by atoms with Gasteiger partial charge in [-0.25, -0.2) is 4.79 Å². The molecule has 0 radical (unpaired) electrons. The van der Waals surface area contributed by atoms with Gasteiger partial charge in [-0.05, 0) is 61.0 Å². The normalized spacial score (nSPS) is 16.2. The number of benzene rings is 1. The Labute approximate surface area is 144 Å². The summed E-state index contributed by atoms with van der Waals surface area (Å²) in [6.45, 7) is 9.87. The van der Waals surface area contributed by atoms with Crippen molar-refractivity contribution in [2.45, 2.75) is 45.4 Å². The number of aromatic nitrogens is 1. The SMILES string of the molecule is Cn1cc(CCN2CCCC2)c2cc(C(=O)O)cc(C(C)(C)C)c21. The first kappa shape index (κ1) is 17.0. The van der Waals surface area contributed by atoms with E-state index in [2.05, 4.69) is 43.5 Å². The molecule has 1 aromatic heterocycles. The van der Waals surface area contributed by atoms with Crippen LogP contribution in [0.1, 0.15) is 55.1 Å². The van der Waals surface area contributed by atoms with Crippen LogP contribution < -0.4 is 0 Å². The minimum Gasteiger partial charge on any atom is -0.478 e. The number of carboxylic acid groups (broad SMARTS) is 1. The van der Waals surface area contributed by atoms with Gasteiger partial charge in [0.05, 0.1) is 11.1 Å². The maximum atomic E-state index is 11.6. The van der Waals surface area contributed by atoms with Crippen molar-refractivity contribution in [3.63, 3.8) is 0 Å². The number of hydrogen-bond donors (Lipinski definition) is 1. The second-order valence-electron chi connectivity index (χ2n) is 8.04. The van der Waals surface area contributed by atoms with E-state index in [9.17, 15) is 9.90 Å². The molecule has 2 heterocycles. The van der Waals surface area contributed by atoms with Gasteiger partial charge in [0.1, 0.15) is 0 Å². The first-order chi connectivity index (χ1) is 11.3. The first-order valence-electron chi connectivity index (χ1n) is 8.85. The number of hydrogen-bond acceptors (Lipinski definition) is 2. The van der Waals surface area contributed by atoms with Crippen molar-refractivity contribution in [3.8, 4) is 0 Å². The smallest absolute Gasteiger partial charge is 0.335 e. The summed E-state index contributed by atoms with van der Waals surface area (Å²) in [6.07, 6.45) is 5.76. The summed E-state index contributed by atoms with van der Waals surface area (Å²) in [7, 11) is 2.07. The van der Waals surface area contributed by atoms with E-state index < -0.39 is 5.97 Å². The van der Waals surface area contributed by atoms with Gasteiger partial charge in [0.2, 0.25) is 0 Å². The van der Waals surface area contributed by atoms with Crippen LogP contribution in [-0.4, -0.2) is 40.2 Å². The zero-order valence-electron chi connectivity index (χ0n) is 15.2. The largest absolute Gasteiger partial charge is 0.478 e. The van der Waals surface area contributed by atoms with Gasteiger partial charge >= 0.3 is 5.97 Å². The maximum Gasteiger partial charge on any atom is 0.335 e. The molecule has 0 spiro atoms. The lowest BCUT2D eigenvalue weighted by Gasteiger charge is -2.22. The number of likely N-dealkylation sites (tertiary alicyclic amines) is 1. The molecular formula is C20H28N2O2. The highest BCUT2D eigenvalue weighted by Gasteiger charge is 2.23. The third-order valence-electron chi connectivity index (χ3n) is 5.11. The van der Waals surface area contributed by atoms with Crippen LogP contribution in [-0.2, 0) is 18.9 Å². The average molecular weight is 328 g/mol. The van der Waals surface area contributed by atoms with Gasteiger partial charge < -0.3 is 14.6 Å². The van der Waals surface area contributed by atoms with Crippen molar-refractivity contribution in [2.24, 2.45) is 7.05 Å². The lowest BCUT2D eigenvalue weighted by atomic mass is 9.84. The molecule has 0 saturated carbocycles. The Bertz CT molecular complexity index is 762. The highest BCUT2D eigenvalue weighted by molar-refractivity contribution is 5.97. The van der Waals surface area contributed by atoms with Crippen LogP contribution in [0.3, 0.4) is 0 Å². The molecule has 0 amide bonds. The Hall–Kier alpha value is -1.81. The molecule has 0 atom stereocenters. The number of rotatable bonds is 4. The Morgan fingerprint density at radius 2 is 1.88 bits per heavy atom. The summed E-state index contributed by atoms with van der Waals surface area (Å²) >= 11 is 0. The minimum absolute atomic E-state index is 0.0952. The number of carboxylic acids is 1. The Kier molecular flexibility index (Phi) is 4.43. The number of aryl methyl sites for hydroxylation is 1. The molecule has 0 unspecified atom stereocenters. The zero-order chi connectivity index (χ0) is 17.5. The fraction of sp³-hybridized carbons (Fsp3) is 0.550. The standard InChI is InChI=1S/C20H28N2O2/c1-20(2,3)17-12-15(19(23)24)11-16-14(13-21(4)18(16)17)7-10-22-8-5-6-9-22/h11-13H,5-10H2,1-4H3,(H,23,24). The summed E-state index contributed by atoms with van der Waals surface area (Å²) in [6, 6.07) is 3.70.